The van der Waals surface area contributed by atoms with Gasteiger partial charge in [-0.1, -0.05) is 12.8 Å². The van der Waals surface area contributed by atoms with Crippen LogP contribution in [0.15, 0.2) is 0 Å². The maximum absolute atomic E-state index is 11.5. The Bertz CT molecular complexity index is 249. The minimum Gasteiger partial charge on any atom is -0.334 e. The monoisotopic (exact) mass is 225 g/mol. The van der Waals surface area contributed by atoms with Crippen LogP contribution in [0.2, 0.25) is 0 Å². The summed E-state index contributed by atoms with van der Waals surface area (Å²) >= 11 is 0. The van der Waals surface area contributed by atoms with E-state index in [9.17, 15) is 4.79 Å². The van der Waals surface area contributed by atoms with Crippen LogP contribution in [0.4, 0.5) is 4.79 Å². The molecule has 2 amide bonds. The number of rotatable bonds is 2. The molecule has 2 fully saturated rings. The first-order valence-electron chi connectivity index (χ1n) is 6.38. The third-order valence-electron chi connectivity index (χ3n) is 3.79. The van der Waals surface area contributed by atoms with Crippen LogP contribution < -0.4 is 5.32 Å². The molecule has 2 rings (SSSR count). The van der Waals surface area contributed by atoms with E-state index >= 15 is 0 Å². The smallest absolute Gasteiger partial charge is 0.317 e. The number of urea groups is 1. The molecule has 92 valence electrons. The molecule has 1 saturated heterocycles. The van der Waals surface area contributed by atoms with Gasteiger partial charge in [0.1, 0.15) is 0 Å². The van der Waals surface area contributed by atoms with Crippen molar-refractivity contribution in [2.75, 3.05) is 27.2 Å². The molecule has 4 nitrogen and oxygen atoms in total. The number of nitrogens with one attached hydrogen (secondary N) is 1. The zero-order valence-corrected chi connectivity index (χ0v) is 10.4. The molecule has 1 aliphatic carbocycles. The summed E-state index contributed by atoms with van der Waals surface area (Å²) in [6.07, 6.45) is 6.59. The van der Waals surface area contributed by atoms with Crippen LogP contribution in [0.5, 0.6) is 0 Å². The number of carbonyl (C=O) groups is 1. The van der Waals surface area contributed by atoms with Gasteiger partial charge < -0.3 is 10.2 Å². The molecule has 0 aromatic rings. The highest BCUT2D eigenvalue weighted by molar-refractivity contribution is 5.73. The van der Waals surface area contributed by atoms with Crippen molar-refractivity contribution >= 4 is 6.03 Å². The highest BCUT2D eigenvalue weighted by Gasteiger charge is 2.30. The van der Waals surface area contributed by atoms with Crippen LogP contribution in [0, 0.1) is 0 Å². The van der Waals surface area contributed by atoms with Gasteiger partial charge in [-0.15, -0.1) is 0 Å². The fourth-order valence-electron chi connectivity index (χ4n) is 2.81. The van der Waals surface area contributed by atoms with Crippen molar-refractivity contribution in [3.05, 3.63) is 0 Å². The molecule has 0 aromatic carbocycles. The number of hydrogen-bond donors (Lipinski definition) is 1. The molecule has 4 heteroatoms. The highest BCUT2D eigenvalue weighted by Crippen LogP contribution is 2.26. The highest BCUT2D eigenvalue weighted by atomic mass is 16.2. The van der Waals surface area contributed by atoms with Gasteiger partial charge in [-0.2, -0.15) is 0 Å². The van der Waals surface area contributed by atoms with Crippen molar-refractivity contribution in [3.8, 4) is 0 Å². The molecular weight excluding hydrogens is 202 g/mol. The predicted octanol–water partition coefficient (Wildman–Crippen LogP) is 1.27. The van der Waals surface area contributed by atoms with E-state index < -0.39 is 0 Å². The van der Waals surface area contributed by atoms with Crippen LogP contribution in [-0.2, 0) is 0 Å². The quantitative estimate of drug-likeness (QED) is 0.768. The zero-order chi connectivity index (χ0) is 11.5. The van der Waals surface area contributed by atoms with Gasteiger partial charge in [0.15, 0.2) is 0 Å². The van der Waals surface area contributed by atoms with Gasteiger partial charge in [0.25, 0.3) is 0 Å². The summed E-state index contributed by atoms with van der Waals surface area (Å²) in [5, 5.41) is 3.08. The van der Waals surface area contributed by atoms with Gasteiger partial charge in [0.2, 0.25) is 0 Å². The van der Waals surface area contributed by atoms with Crippen LogP contribution in [0.1, 0.15) is 32.1 Å². The van der Waals surface area contributed by atoms with E-state index in [0.29, 0.717) is 6.04 Å². The molecule has 16 heavy (non-hydrogen) atoms. The molecule has 1 N–H and O–H groups in total. The lowest BCUT2D eigenvalue weighted by Crippen LogP contribution is -2.43. The second kappa shape index (κ2) is 5.04. The number of carbonyl (C=O) groups excluding carboxylic acids is 1. The van der Waals surface area contributed by atoms with Crippen molar-refractivity contribution in [2.45, 2.75) is 44.2 Å². The molecule has 1 saturated carbocycles. The first-order valence-corrected chi connectivity index (χ1v) is 6.38. The number of nitrogens with zero attached hydrogens (tertiary/aromatic N) is 2. The van der Waals surface area contributed by atoms with Gasteiger partial charge in [-0.3, -0.25) is 4.90 Å². The molecule has 0 bridgehead atoms. The van der Waals surface area contributed by atoms with Crippen molar-refractivity contribution in [3.63, 3.8) is 0 Å². The standard InChI is InChI=1S/C12H23N3O/c1-14(2)12(16)13-10-7-8-15(9-10)11-5-3-4-6-11/h10-11H,3-9H2,1-2H3,(H,13,16). The molecule has 0 aromatic heterocycles. The lowest BCUT2D eigenvalue weighted by atomic mass is 10.2. The Hall–Kier alpha value is -0.770. The maximum Gasteiger partial charge on any atom is 0.317 e. The fraction of sp³-hybridized carbons (Fsp3) is 0.917. The van der Waals surface area contributed by atoms with Crippen molar-refractivity contribution < 1.29 is 4.79 Å². The van der Waals surface area contributed by atoms with Crippen LogP contribution >= 0.6 is 0 Å². The van der Waals surface area contributed by atoms with Gasteiger partial charge in [-0.05, 0) is 19.3 Å². The maximum atomic E-state index is 11.5. The van der Waals surface area contributed by atoms with E-state index in [4.69, 9.17) is 0 Å². The van der Waals surface area contributed by atoms with E-state index in [1.165, 1.54) is 25.7 Å². The van der Waals surface area contributed by atoms with Gasteiger partial charge in [0, 0.05) is 39.3 Å². The zero-order valence-electron chi connectivity index (χ0n) is 10.4. The molecule has 0 spiro atoms. The second-order valence-electron chi connectivity index (χ2n) is 5.26. The molecule has 1 aliphatic heterocycles. The average molecular weight is 225 g/mol. The Labute approximate surface area is 98.0 Å². The summed E-state index contributed by atoms with van der Waals surface area (Å²) in [6.45, 7) is 2.20. The average Bonchev–Trinajstić information content (AvgIpc) is 2.85. The largest absolute Gasteiger partial charge is 0.334 e. The Morgan fingerprint density at radius 2 is 1.94 bits per heavy atom. The van der Waals surface area contributed by atoms with Gasteiger partial charge in [-0.25, -0.2) is 4.79 Å². The fourth-order valence-corrected chi connectivity index (χ4v) is 2.81. The topological polar surface area (TPSA) is 35.6 Å². The lowest BCUT2D eigenvalue weighted by molar-refractivity contribution is 0.209. The number of amides is 2. The second-order valence-corrected chi connectivity index (χ2v) is 5.26. The summed E-state index contributed by atoms with van der Waals surface area (Å²) in [5.74, 6) is 0. The van der Waals surface area contributed by atoms with E-state index in [1.807, 2.05) is 0 Å². The summed E-state index contributed by atoms with van der Waals surface area (Å²) in [7, 11) is 3.58. The molecule has 1 atom stereocenters. The minimum absolute atomic E-state index is 0.0401. The van der Waals surface area contributed by atoms with Crippen molar-refractivity contribution in [1.29, 1.82) is 0 Å². The normalized spacial score (nSPS) is 27.2. The van der Waals surface area contributed by atoms with Crippen LogP contribution in [0.3, 0.4) is 0 Å². The molecule has 1 heterocycles. The van der Waals surface area contributed by atoms with Crippen LogP contribution in [-0.4, -0.2) is 55.1 Å². The summed E-state index contributed by atoms with van der Waals surface area (Å²) in [5.41, 5.74) is 0. The van der Waals surface area contributed by atoms with Crippen molar-refractivity contribution in [1.82, 2.24) is 15.1 Å². The number of likely N-dealkylation sites (tertiary alicyclic amines) is 1. The SMILES string of the molecule is CN(C)C(=O)NC1CCN(C2CCCC2)C1. The van der Waals surface area contributed by atoms with E-state index in [0.717, 1.165) is 25.6 Å². The van der Waals surface area contributed by atoms with Gasteiger partial charge >= 0.3 is 6.03 Å². The number of hydrogen-bond acceptors (Lipinski definition) is 2. The Morgan fingerprint density at radius 1 is 1.25 bits per heavy atom. The van der Waals surface area contributed by atoms with Crippen LogP contribution in [0.25, 0.3) is 0 Å². The first kappa shape index (κ1) is 11.7. The molecular formula is C12H23N3O. The first-order chi connectivity index (χ1) is 7.66. The van der Waals surface area contributed by atoms with Crippen molar-refractivity contribution in [2.24, 2.45) is 0 Å². The Balaban J connectivity index is 1.76. The summed E-state index contributed by atoms with van der Waals surface area (Å²) in [4.78, 5) is 15.7. The third-order valence-corrected chi connectivity index (χ3v) is 3.79. The van der Waals surface area contributed by atoms with E-state index in [2.05, 4.69) is 10.2 Å². The van der Waals surface area contributed by atoms with E-state index in [-0.39, 0.29) is 6.03 Å². The Kier molecular flexibility index (Phi) is 3.69. The molecule has 1 unspecified atom stereocenters. The molecule has 0 radical (unpaired) electrons. The van der Waals surface area contributed by atoms with E-state index in [1.54, 1.807) is 19.0 Å². The van der Waals surface area contributed by atoms with Gasteiger partial charge in [0.05, 0.1) is 0 Å². The predicted molar refractivity (Wildman–Crippen MR) is 64.5 cm³/mol. The summed E-state index contributed by atoms with van der Waals surface area (Å²) < 4.78 is 0. The molecule has 2 aliphatic rings. The lowest BCUT2D eigenvalue weighted by Gasteiger charge is -2.24. The Morgan fingerprint density at radius 3 is 2.56 bits per heavy atom. The minimum atomic E-state index is 0.0401. The third kappa shape index (κ3) is 2.67. The summed E-state index contributed by atoms with van der Waals surface area (Å²) in [6, 6.07) is 1.19.